The van der Waals surface area contributed by atoms with Crippen LogP contribution in [0.25, 0.3) is 22.0 Å². The maximum absolute atomic E-state index is 14.8. The molecule has 0 aliphatic rings. The van der Waals surface area contributed by atoms with E-state index in [1.165, 1.54) is 32.7 Å². The maximum Gasteiger partial charge on any atom is 0.248 e. The van der Waals surface area contributed by atoms with Gasteiger partial charge < -0.3 is 25.0 Å². The van der Waals surface area contributed by atoms with E-state index in [-0.39, 0.29) is 17.4 Å². The third kappa shape index (κ3) is 6.08. The molecule has 0 saturated carbocycles. The van der Waals surface area contributed by atoms with E-state index < -0.39 is 16.7 Å². The van der Waals surface area contributed by atoms with Crippen LogP contribution in [-0.2, 0) is 4.79 Å². The average molecular weight is 554 g/mol. The Morgan fingerprint density at radius 1 is 1.03 bits per heavy atom. The molecule has 4 rings (SSSR count). The topological polar surface area (TPSA) is 88.6 Å². The number of nitrogens with zero attached hydrogens (tertiary/aromatic N) is 3. The van der Waals surface area contributed by atoms with E-state index in [0.717, 1.165) is 6.07 Å². The van der Waals surface area contributed by atoms with Gasteiger partial charge in [-0.15, -0.1) is 0 Å². The van der Waals surface area contributed by atoms with Gasteiger partial charge >= 0.3 is 0 Å². The van der Waals surface area contributed by atoms with E-state index in [1.807, 2.05) is 19.0 Å². The van der Waals surface area contributed by atoms with Crippen LogP contribution in [0, 0.1) is 11.6 Å². The predicted molar refractivity (Wildman–Crippen MR) is 149 cm³/mol. The first-order valence-corrected chi connectivity index (χ1v) is 12.1. The Morgan fingerprint density at radius 2 is 1.77 bits per heavy atom. The smallest absolute Gasteiger partial charge is 0.248 e. The van der Waals surface area contributed by atoms with Crippen molar-refractivity contribution in [2.75, 3.05) is 45.5 Å². The van der Waals surface area contributed by atoms with Crippen molar-refractivity contribution in [3.63, 3.8) is 0 Å². The zero-order chi connectivity index (χ0) is 28.1. The summed E-state index contributed by atoms with van der Waals surface area (Å²) in [4.78, 5) is 23.4. The summed E-state index contributed by atoms with van der Waals surface area (Å²) in [5.74, 6) is -1.02. The number of rotatable bonds is 9. The van der Waals surface area contributed by atoms with Crippen molar-refractivity contribution in [3.8, 4) is 22.6 Å². The summed E-state index contributed by atoms with van der Waals surface area (Å²) in [6, 6.07) is 11.0. The number of ether oxygens (including phenoxy) is 2. The van der Waals surface area contributed by atoms with Crippen molar-refractivity contribution in [1.29, 1.82) is 0 Å². The molecule has 0 bridgehead atoms. The number of halogens is 3. The highest BCUT2D eigenvalue weighted by molar-refractivity contribution is 6.31. The molecule has 0 fully saturated rings. The van der Waals surface area contributed by atoms with Gasteiger partial charge in [-0.1, -0.05) is 23.7 Å². The highest BCUT2D eigenvalue weighted by Crippen LogP contribution is 2.42. The Morgan fingerprint density at radius 3 is 2.49 bits per heavy atom. The molecule has 3 aromatic carbocycles. The number of likely N-dealkylation sites (N-methyl/N-ethyl adjacent to an activating group) is 1. The molecule has 1 heterocycles. The van der Waals surface area contributed by atoms with Gasteiger partial charge in [0.1, 0.15) is 23.0 Å². The van der Waals surface area contributed by atoms with Gasteiger partial charge in [0.2, 0.25) is 5.91 Å². The molecule has 202 valence electrons. The molecular formula is C28H26ClF2N5O3. The Hall–Kier alpha value is -4.28. The number of carbonyl (C=O) groups is 1. The van der Waals surface area contributed by atoms with Crippen LogP contribution < -0.4 is 20.1 Å². The number of methoxy groups -OCH3 is 2. The zero-order valence-corrected chi connectivity index (χ0v) is 22.4. The quantitative estimate of drug-likeness (QED) is 0.193. The molecule has 0 unspecified atom stereocenters. The molecule has 0 spiro atoms. The lowest BCUT2D eigenvalue weighted by molar-refractivity contribution is -0.111. The van der Waals surface area contributed by atoms with Crippen LogP contribution in [0.2, 0.25) is 5.02 Å². The first-order valence-electron chi connectivity index (χ1n) is 11.8. The molecule has 11 heteroatoms. The lowest BCUT2D eigenvalue weighted by atomic mass is 9.97. The van der Waals surface area contributed by atoms with Gasteiger partial charge in [-0.3, -0.25) is 4.79 Å². The minimum atomic E-state index is -0.966. The van der Waals surface area contributed by atoms with Gasteiger partial charge in [0.15, 0.2) is 17.3 Å². The third-order valence-corrected chi connectivity index (χ3v) is 6.11. The van der Waals surface area contributed by atoms with E-state index in [0.29, 0.717) is 45.8 Å². The molecule has 0 aliphatic carbocycles. The number of fused-ring (bicyclic) bond motifs is 1. The summed E-state index contributed by atoms with van der Waals surface area (Å²) in [6.07, 6.45) is 4.50. The lowest BCUT2D eigenvalue weighted by Gasteiger charge is -2.18. The van der Waals surface area contributed by atoms with Crippen molar-refractivity contribution in [2.45, 2.75) is 0 Å². The number of nitrogens with one attached hydrogen (secondary N) is 2. The second-order valence-corrected chi connectivity index (χ2v) is 9.05. The zero-order valence-electron chi connectivity index (χ0n) is 21.7. The minimum Gasteiger partial charge on any atom is -0.493 e. The third-order valence-electron chi connectivity index (χ3n) is 5.76. The largest absolute Gasteiger partial charge is 0.493 e. The second-order valence-electron chi connectivity index (χ2n) is 8.68. The van der Waals surface area contributed by atoms with Crippen molar-refractivity contribution in [3.05, 3.63) is 77.6 Å². The average Bonchev–Trinajstić information content (AvgIpc) is 2.92. The number of benzene rings is 3. The van der Waals surface area contributed by atoms with Crippen LogP contribution in [0.4, 0.5) is 26.0 Å². The monoisotopic (exact) mass is 553 g/mol. The normalized spacial score (nSPS) is 11.3. The molecule has 39 heavy (non-hydrogen) atoms. The number of amides is 1. The number of carbonyl (C=O) groups excluding carboxylic acids is 1. The van der Waals surface area contributed by atoms with Crippen molar-refractivity contribution in [2.24, 2.45) is 0 Å². The molecule has 4 aromatic rings. The lowest BCUT2D eigenvalue weighted by Crippen LogP contribution is -2.13. The van der Waals surface area contributed by atoms with Gasteiger partial charge in [-0.05, 0) is 56.1 Å². The standard InChI is InChI=1S/C28H26ClF2N5O3/c1-36(2)13-5-6-23(37)34-19-11-10-18-25(24(19)16-7-12-21(38-3)22(14-16)39-4)28(33-15-32-18)35-20-9-8-17(30)26(29)27(20)31/h5-12,14-15H,13H2,1-4H3,(H,34,37)(H,32,33,35)/b6-5+. The number of anilines is 3. The van der Waals surface area contributed by atoms with Gasteiger partial charge in [0.05, 0.1) is 30.8 Å². The molecule has 2 N–H and O–H groups in total. The highest BCUT2D eigenvalue weighted by Gasteiger charge is 2.20. The van der Waals surface area contributed by atoms with E-state index in [2.05, 4.69) is 20.6 Å². The fourth-order valence-electron chi connectivity index (χ4n) is 3.94. The summed E-state index contributed by atoms with van der Waals surface area (Å²) in [6.45, 7) is 0.585. The molecular weight excluding hydrogens is 528 g/mol. The molecule has 0 atom stereocenters. The van der Waals surface area contributed by atoms with Crippen molar-refractivity contribution < 1.29 is 23.0 Å². The maximum atomic E-state index is 14.8. The molecule has 1 amide bonds. The van der Waals surface area contributed by atoms with Gasteiger partial charge in [0.25, 0.3) is 0 Å². The first-order chi connectivity index (χ1) is 18.7. The van der Waals surface area contributed by atoms with Crippen LogP contribution in [0.15, 0.2) is 60.9 Å². The van der Waals surface area contributed by atoms with Crippen LogP contribution in [0.5, 0.6) is 11.5 Å². The first kappa shape index (κ1) is 27.7. The summed E-state index contributed by atoms with van der Waals surface area (Å²) in [7, 11) is 6.83. The van der Waals surface area contributed by atoms with Crippen LogP contribution in [-0.4, -0.2) is 55.6 Å². The van der Waals surface area contributed by atoms with E-state index in [1.54, 1.807) is 36.4 Å². The van der Waals surface area contributed by atoms with E-state index in [9.17, 15) is 13.6 Å². The second kappa shape index (κ2) is 12.1. The van der Waals surface area contributed by atoms with Gasteiger partial charge in [-0.2, -0.15) is 0 Å². The Kier molecular flexibility index (Phi) is 8.58. The molecule has 0 saturated heterocycles. The summed E-state index contributed by atoms with van der Waals surface area (Å²) in [5, 5.41) is 5.65. The summed E-state index contributed by atoms with van der Waals surface area (Å²) >= 11 is 5.79. The van der Waals surface area contributed by atoms with Crippen LogP contribution in [0.1, 0.15) is 0 Å². The molecule has 1 aromatic heterocycles. The van der Waals surface area contributed by atoms with Crippen molar-refractivity contribution in [1.82, 2.24) is 14.9 Å². The Labute approximate surface area is 229 Å². The summed E-state index contributed by atoms with van der Waals surface area (Å²) in [5.41, 5.74) is 2.05. The minimum absolute atomic E-state index is 0.0827. The van der Waals surface area contributed by atoms with E-state index in [4.69, 9.17) is 21.1 Å². The number of hydrogen-bond acceptors (Lipinski definition) is 7. The fraction of sp³-hybridized carbons (Fsp3) is 0.179. The molecule has 8 nitrogen and oxygen atoms in total. The SMILES string of the molecule is COc1ccc(-c2c(NC(=O)/C=C/CN(C)C)ccc3ncnc(Nc4ccc(F)c(Cl)c4F)c23)cc1OC. The van der Waals surface area contributed by atoms with Gasteiger partial charge in [-0.25, -0.2) is 18.7 Å². The van der Waals surface area contributed by atoms with E-state index >= 15 is 0 Å². The molecule has 0 radical (unpaired) electrons. The van der Waals surface area contributed by atoms with Crippen LogP contribution >= 0.6 is 11.6 Å². The number of aromatic nitrogens is 2. The van der Waals surface area contributed by atoms with Crippen molar-refractivity contribution >= 4 is 45.6 Å². The Balaban J connectivity index is 1.92. The molecule has 0 aliphatic heterocycles. The van der Waals surface area contributed by atoms with Gasteiger partial charge in [0, 0.05) is 23.9 Å². The Bertz CT molecular complexity index is 1560. The van der Waals surface area contributed by atoms with Crippen LogP contribution in [0.3, 0.4) is 0 Å². The highest BCUT2D eigenvalue weighted by atomic mass is 35.5. The fourth-order valence-corrected chi connectivity index (χ4v) is 4.10. The summed E-state index contributed by atoms with van der Waals surface area (Å²) < 4.78 is 39.5. The predicted octanol–water partition coefficient (Wildman–Crippen LogP) is 6.05. The number of hydrogen-bond donors (Lipinski definition) is 2.